The third-order valence-electron chi connectivity index (χ3n) is 7.05. The summed E-state index contributed by atoms with van der Waals surface area (Å²) in [6.45, 7) is 8.39. The second-order valence-corrected chi connectivity index (χ2v) is 9.27. The third kappa shape index (κ3) is 5.33. The Balaban J connectivity index is 1.37. The molecule has 172 valence electrons. The molecule has 2 aromatic rings. The molecule has 2 aliphatic rings. The van der Waals surface area contributed by atoms with E-state index in [0.717, 1.165) is 23.5 Å². The molecule has 1 N–H and O–H groups in total. The van der Waals surface area contributed by atoms with Gasteiger partial charge in [0.15, 0.2) is 0 Å². The summed E-state index contributed by atoms with van der Waals surface area (Å²) < 4.78 is 11.5. The van der Waals surface area contributed by atoms with Gasteiger partial charge in [-0.2, -0.15) is 0 Å². The average Bonchev–Trinajstić information content (AvgIpc) is 2.82. The Morgan fingerprint density at radius 2 is 1.94 bits per heavy atom. The summed E-state index contributed by atoms with van der Waals surface area (Å²) in [5, 5.41) is 3.15. The van der Waals surface area contributed by atoms with Crippen LogP contribution in [0.1, 0.15) is 50.2 Å². The van der Waals surface area contributed by atoms with E-state index in [4.69, 9.17) is 9.47 Å². The maximum Gasteiger partial charge on any atom is 0.235 e. The van der Waals surface area contributed by atoms with E-state index in [0.29, 0.717) is 38.7 Å². The maximum absolute atomic E-state index is 13.5. The van der Waals surface area contributed by atoms with E-state index in [1.54, 1.807) is 0 Å². The molecule has 0 spiro atoms. The van der Waals surface area contributed by atoms with Crippen molar-refractivity contribution in [2.75, 3.05) is 38.2 Å². The van der Waals surface area contributed by atoms with Crippen LogP contribution in [0, 0.1) is 6.92 Å². The number of carbonyl (C=O) groups is 1. The number of benzene rings is 2. The van der Waals surface area contributed by atoms with Crippen LogP contribution in [0.5, 0.6) is 5.75 Å². The molecular weight excluding hydrogens is 400 g/mol. The smallest absolute Gasteiger partial charge is 0.235 e. The number of rotatable bonds is 7. The molecule has 2 heterocycles. The minimum absolute atomic E-state index is 0.0409. The van der Waals surface area contributed by atoms with Crippen molar-refractivity contribution >= 4 is 11.6 Å². The van der Waals surface area contributed by atoms with Gasteiger partial charge in [-0.05, 0) is 75.9 Å². The van der Waals surface area contributed by atoms with Crippen LogP contribution in [0.3, 0.4) is 0 Å². The van der Waals surface area contributed by atoms with Gasteiger partial charge in [0, 0.05) is 31.5 Å². The highest BCUT2D eigenvalue weighted by Gasteiger charge is 2.41. The van der Waals surface area contributed by atoms with Gasteiger partial charge in [0.25, 0.3) is 0 Å². The zero-order valence-electron chi connectivity index (χ0n) is 19.4. The van der Waals surface area contributed by atoms with E-state index in [-0.39, 0.29) is 5.91 Å². The lowest BCUT2D eigenvalue weighted by Crippen LogP contribution is -2.44. The summed E-state index contributed by atoms with van der Waals surface area (Å²) in [7, 11) is 0. The second-order valence-electron chi connectivity index (χ2n) is 9.27. The Labute approximate surface area is 192 Å². The Kier molecular flexibility index (Phi) is 7.48. The molecule has 1 unspecified atom stereocenters. The van der Waals surface area contributed by atoms with Gasteiger partial charge >= 0.3 is 0 Å². The van der Waals surface area contributed by atoms with Gasteiger partial charge in [0.2, 0.25) is 5.91 Å². The first kappa shape index (κ1) is 22.8. The molecule has 2 aliphatic heterocycles. The van der Waals surface area contributed by atoms with Crippen LogP contribution in [0.25, 0.3) is 0 Å². The Morgan fingerprint density at radius 3 is 2.66 bits per heavy atom. The summed E-state index contributed by atoms with van der Waals surface area (Å²) >= 11 is 0. The lowest BCUT2D eigenvalue weighted by Gasteiger charge is -2.36. The number of likely N-dealkylation sites (tertiary alicyclic amines) is 1. The first-order chi connectivity index (χ1) is 15.6. The second kappa shape index (κ2) is 10.5. The van der Waals surface area contributed by atoms with E-state index in [9.17, 15) is 4.79 Å². The number of nitrogens with zero attached hydrogens (tertiary/aromatic N) is 1. The summed E-state index contributed by atoms with van der Waals surface area (Å²) in [5.74, 6) is 0.881. The molecule has 1 atom stereocenters. The fourth-order valence-electron chi connectivity index (χ4n) is 4.97. The van der Waals surface area contributed by atoms with E-state index in [1.165, 1.54) is 31.4 Å². The highest BCUT2D eigenvalue weighted by Crippen LogP contribution is 2.36. The number of hydrogen-bond acceptors (Lipinski definition) is 4. The average molecular weight is 437 g/mol. The molecule has 5 nitrogen and oxygen atoms in total. The summed E-state index contributed by atoms with van der Waals surface area (Å²) in [6.07, 6.45) is 5.29. The fourth-order valence-corrected chi connectivity index (χ4v) is 4.97. The van der Waals surface area contributed by atoms with E-state index >= 15 is 0 Å². The molecule has 1 amide bonds. The summed E-state index contributed by atoms with van der Waals surface area (Å²) in [6, 6.07) is 16.7. The molecular formula is C27H36N2O3. The largest absolute Gasteiger partial charge is 0.492 e. The monoisotopic (exact) mass is 436 g/mol. The molecule has 2 aromatic carbocycles. The molecule has 0 bridgehead atoms. The molecule has 0 radical (unpaired) electrons. The molecule has 0 aromatic heterocycles. The number of piperidine rings is 1. The predicted molar refractivity (Wildman–Crippen MR) is 128 cm³/mol. The van der Waals surface area contributed by atoms with Gasteiger partial charge in [-0.1, -0.05) is 36.2 Å². The zero-order valence-corrected chi connectivity index (χ0v) is 19.4. The van der Waals surface area contributed by atoms with Crippen molar-refractivity contribution < 1.29 is 14.3 Å². The van der Waals surface area contributed by atoms with Crippen LogP contribution in [0.15, 0.2) is 48.5 Å². The number of carbonyl (C=O) groups excluding carboxylic acids is 1. The minimum Gasteiger partial charge on any atom is -0.492 e. The van der Waals surface area contributed by atoms with Gasteiger partial charge in [0.05, 0.1) is 5.41 Å². The highest BCUT2D eigenvalue weighted by molar-refractivity contribution is 5.99. The molecule has 0 saturated carbocycles. The quantitative estimate of drug-likeness (QED) is 0.668. The van der Waals surface area contributed by atoms with Gasteiger partial charge in [-0.25, -0.2) is 0 Å². The van der Waals surface area contributed by atoms with E-state index in [2.05, 4.69) is 42.3 Å². The van der Waals surface area contributed by atoms with Gasteiger partial charge < -0.3 is 14.8 Å². The lowest BCUT2D eigenvalue weighted by atomic mass is 9.73. The number of aryl methyl sites for hydroxylation is 1. The van der Waals surface area contributed by atoms with Gasteiger partial charge in [-0.3, -0.25) is 9.69 Å². The fraction of sp³-hybridized carbons (Fsp3) is 0.519. The highest BCUT2D eigenvalue weighted by atomic mass is 16.5. The standard InChI is InChI=1S/C27H36N2O3/c1-21-6-5-8-23(20-21)27(13-17-31-18-14-27)26(30)28-24-9-11-25(12-10-24)32-19-16-29-15-4-3-7-22(29)2/h5-6,8-12,20,22H,3-4,7,13-19H2,1-2H3,(H,28,30). The van der Waals surface area contributed by atoms with Crippen molar-refractivity contribution in [1.29, 1.82) is 0 Å². The van der Waals surface area contributed by atoms with E-state index < -0.39 is 5.41 Å². The summed E-state index contributed by atoms with van der Waals surface area (Å²) in [5.41, 5.74) is 2.49. The van der Waals surface area contributed by atoms with Crippen LogP contribution in [-0.4, -0.2) is 49.8 Å². The zero-order chi connectivity index (χ0) is 22.4. The topological polar surface area (TPSA) is 50.8 Å². The number of hydrogen-bond donors (Lipinski definition) is 1. The normalized spacial score (nSPS) is 21.1. The van der Waals surface area contributed by atoms with Crippen LogP contribution < -0.4 is 10.1 Å². The number of anilines is 1. The Morgan fingerprint density at radius 1 is 1.16 bits per heavy atom. The molecule has 5 heteroatoms. The van der Waals surface area contributed by atoms with E-state index in [1.807, 2.05) is 30.3 Å². The van der Waals surface area contributed by atoms with Crippen molar-refractivity contribution in [2.24, 2.45) is 0 Å². The predicted octanol–water partition coefficient (Wildman–Crippen LogP) is 4.94. The van der Waals surface area contributed by atoms with Crippen molar-refractivity contribution in [2.45, 2.75) is 57.4 Å². The molecule has 4 rings (SSSR count). The lowest BCUT2D eigenvalue weighted by molar-refractivity contribution is -0.125. The van der Waals surface area contributed by atoms with Crippen molar-refractivity contribution in [3.05, 3.63) is 59.7 Å². The first-order valence-electron chi connectivity index (χ1n) is 12.0. The molecule has 2 saturated heterocycles. The van der Waals surface area contributed by atoms with Crippen LogP contribution >= 0.6 is 0 Å². The van der Waals surface area contributed by atoms with Gasteiger partial charge in [0.1, 0.15) is 12.4 Å². The first-order valence-corrected chi connectivity index (χ1v) is 12.0. The maximum atomic E-state index is 13.5. The van der Waals surface area contributed by atoms with Crippen LogP contribution in [-0.2, 0) is 14.9 Å². The molecule has 0 aliphatic carbocycles. The Hall–Kier alpha value is -2.37. The van der Waals surface area contributed by atoms with Crippen molar-refractivity contribution in [3.8, 4) is 5.75 Å². The SMILES string of the molecule is Cc1cccc(C2(C(=O)Nc3ccc(OCCN4CCCCC4C)cc3)CCOCC2)c1. The molecule has 2 fully saturated rings. The summed E-state index contributed by atoms with van der Waals surface area (Å²) in [4.78, 5) is 16.0. The van der Waals surface area contributed by atoms with Crippen molar-refractivity contribution in [1.82, 2.24) is 4.90 Å². The molecule has 32 heavy (non-hydrogen) atoms. The van der Waals surface area contributed by atoms with Crippen molar-refractivity contribution in [3.63, 3.8) is 0 Å². The minimum atomic E-state index is -0.551. The van der Waals surface area contributed by atoms with Crippen LogP contribution in [0.4, 0.5) is 5.69 Å². The number of nitrogens with one attached hydrogen (secondary N) is 1. The number of ether oxygens (including phenoxy) is 2. The number of amides is 1. The Bertz CT molecular complexity index is 890. The van der Waals surface area contributed by atoms with Gasteiger partial charge in [-0.15, -0.1) is 0 Å². The van der Waals surface area contributed by atoms with Crippen LogP contribution in [0.2, 0.25) is 0 Å². The third-order valence-corrected chi connectivity index (χ3v) is 7.05.